The van der Waals surface area contributed by atoms with Crippen LogP contribution in [0.4, 0.5) is 4.79 Å². The van der Waals surface area contributed by atoms with Crippen molar-refractivity contribution in [1.29, 1.82) is 0 Å². The Labute approximate surface area is 67.9 Å². The van der Waals surface area contributed by atoms with Crippen molar-refractivity contribution in [3.05, 3.63) is 0 Å². The third kappa shape index (κ3) is 3.86. The zero-order valence-corrected chi connectivity index (χ0v) is 7.63. The SMILES string of the molecule is CC(C)C(OC(N)=O)C(C)C. The highest BCUT2D eigenvalue weighted by atomic mass is 16.6. The molecular weight excluding hydrogens is 142 g/mol. The van der Waals surface area contributed by atoms with Gasteiger partial charge in [-0.15, -0.1) is 0 Å². The van der Waals surface area contributed by atoms with Gasteiger partial charge in [0.2, 0.25) is 0 Å². The average Bonchev–Trinajstić information content (AvgIpc) is 1.81. The Morgan fingerprint density at radius 2 is 1.55 bits per heavy atom. The van der Waals surface area contributed by atoms with Crippen molar-refractivity contribution >= 4 is 6.09 Å². The lowest BCUT2D eigenvalue weighted by molar-refractivity contribution is 0.0486. The Balaban J connectivity index is 4.00. The molecule has 3 nitrogen and oxygen atoms in total. The second kappa shape index (κ2) is 4.21. The fourth-order valence-corrected chi connectivity index (χ4v) is 1.18. The maximum Gasteiger partial charge on any atom is 0.404 e. The predicted molar refractivity (Wildman–Crippen MR) is 44.1 cm³/mol. The molecule has 0 aromatic rings. The van der Waals surface area contributed by atoms with Crippen molar-refractivity contribution in [2.24, 2.45) is 17.6 Å². The molecule has 0 saturated heterocycles. The molecule has 0 atom stereocenters. The topological polar surface area (TPSA) is 52.3 Å². The van der Waals surface area contributed by atoms with E-state index in [0.29, 0.717) is 11.8 Å². The van der Waals surface area contributed by atoms with E-state index in [1.807, 2.05) is 27.7 Å². The fraction of sp³-hybridized carbons (Fsp3) is 0.875. The van der Waals surface area contributed by atoms with Crippen LogP contribution in [0.25, 0.3) is 0 Å². The lowest BCUT2D eigenvalue weighted by Gasteiger charge is -2.23. The van der Waals surface area contributed by atoms with Gasteiger partial charge < -0.3 is 10.5 Å². The van der Waals surface area contributed by atoms with Crippen molar-refractivity contribution < 1.29 is 9.53 Å². The highest BCUT2D eigenvalue weighted by molar-refractivity contribution is 5.64. The van der Waals surface area contributed by atoms with Crippen LogP contribution in [0.2, 0.25) is 0 Å². The molecule has 0 aliphatic carbocycles. The van der Waals surface area contributed by atoms with Gasteiger partial charge in [-0.25, -0.2) is 4.79 Å². The van der Waals surface area contributed by atoms with Crippen LogP contribution in [0.3, 0.4) is 0 Å². The molecular formula is C8H17NO2. The molecule has 0 saturated carbocycles. The van der Waals surface area contributed by atoms with E-state index in [-0.39, 0.29) is 6.10 Å². The highest BCUT2D eigenvalue weighted by Crippen LogP contribution is 2.15. The van der Waals surface area contributed by atoms with Crippen molar-refractivity contribution in [3.63, 3.8) is 0 Å². The van der Waals surface area contributed by atoms with Crippen molar-refractivity contribution in [3.8, 4) is 0 Å². The number of primary amides is 1. The lowest BCUT2D eigenvalue weighted by atomic mass is 9.96. The van der Waals surface area contributed by atoms with E-state index in [2.05, 4.69) is 0 Å². The summed E-state index contributed by atoms with van der Waals surface area (Å²) < 4.78 is 4.91. The van der Waals surface area contributed by atoms with Gasteiger partial charge in [-0.2, -0.15) is 0 Å². The van der Waals surface area contributed by atoms with E-state index in [4.69, 9.17) is 10.5 Å². The molecule has 0 heterocycles. The smallest absolute Gasteiger partial charge is 0.404 e. The Bertz CT molecular complexity index is 124. The molecule has 0 aliphatic rings. The second-order valence-electron chi connectivity index (χ2n) is 3.39. The van der Waals surface area contributed by atoms with E-state index >= 15 is 0 Å². The lowest BCUT2D eigenvalue weighted by Crippen LogP contribution is -2.31. The van der Waals surface area contributed by atoms with E-state index in [1.54, 1.807) is 0 Å². The molecule has 0 fully saturated rings. The Hall–Kier alpha value is -0.730. The summed E-state index contributed by atoms with van der Waals surface area (Å²) in [6.45, 7) is 8.03. The normalized spacial score (nSPS) is 11.2. The Morgan fingerprint density at radius 1 is 1.18 bits per heavy atom. The number of carbonyl (C=O) groups is 1. The first-order chi connectivity index (χ1) is 4.95. The summed E-state index contributed by atoms with van der Waals surface area (Å²) in [7, 11) is 0. The molecule has 0 aromatic carbocycles. The molecule has 1 amide bonds. The van der Waals surface area contributed by atoms with Gasteiger partial charge in [-0.1, -0.05) is 27.7 Å². The summed E-state index contributed by atoms with van der Waals surface area (Å²) in [5.74, 6) is 0.644. The number of amides is 1. The first-order valence-electron chi connectivity index (χ1n) is 3.91. The quantitative estimate of drug-likeness (QED) is 0.682. The maximum atomic E-state index is 10.4. The van der Waals surface area contributed by atoms with Crippen molar-refractivity contribution in [2.45, 2.75) is 33.8 Å². The van der Waals surface area contributed by atoms with Gasteiger partial charge >= 0.3 is 6.09 Å². The molecule has 0 aliphatic heterocycles. The van der Waals surface area contributed by atoms with Gasteiger partial charge in [0, 0.05) is 0 Å². The fourth-order valence-electron chi connectivity index (χ4n) is 1.18. The second-order valence-corrected chi connectivity index (χ2v) is 3.39. The molecule has 3 heteroatoms. The highest BCUT2D eigenvalue weighted by Gasteiger charge is 2.20. The van der Waals surface area contributed by atoms with Crippen LogP contribution in [-0.4, -0.2) is 12.2 Å². The van der Waals surface area contributed by atoms with Crippen LogP contribution in [0.1, 0.15) is 27.7 Å². The minimum absolute atomic E-state index is 0.0625. The van der Waals surface area contributed by atoms with Gasteiger partial charge in [0.1, 0.15) is 6.10 Å². The summed E-state index contributed by atoms with van der Waals surface area (Å²) in [5.41, 5.74) is 4.91. The van der Waals surface area contributed by atoms with Crippen LogP contribution in [-0.2, 0) is 4.74 Å². The van der Waals surface area contributed by atoms with Crippen LogP contribution < -0.4 is 5.73 Å². The first-order valence-corrected chi connectivity index (χ1v) is 3.91. The Morgan fingerprint density at radius 3 is 1.64 bits per heavy atom. The van der Waals surface area contributed by atoms with Gasteiger partial charge in [0.15, 0.2) is 0 Å². The van der Waals surface area contributed by atoms with Crippen LogP contribution in [0.15, 0.2) is 0 Å². The monoisotopic (exact) mass is 159 g/mol. The number of nitrogens with two attached hydrogens (primary N) is 1. The molecule has 0 radical (unpaired) electrons. The van der Waals surface area contributed by atoms with Gasteiger partial charge in [0.25, 0.3) is 0 Å². The zero-order valence-electron chi connectivity index (χ0n) is 7.63. The van der Waals surface area contributed by atoms with Gasteiger partial charge in [-0.05, 0) is 11.8 Å². The van der Waals surface area contributed by atoms with Crippen LogP contribution >= 0.6 is 0 Å². The molecule has 0 rings (SSSR count). The summed E-state index contributed by atoms with van der Waals surface area (Å²) in [5, 5.41) is 0. The number of hydrogen-bond donors (Lipinski definition) is 1. The molecule has 0 unspecified atom stereocenters. The van der Waals surface area contributed by atoms with Gasteiger partial charge in [-0.3, -0.25) is 0 Å². The van der Waals surface area contributed by atoms with E-state index in [9.17, 15) is 4.79 Å². The van der Waals surface area contributed by atoms with Crippen LogP contribution in [0.5, 0.6) is 0 Å². The zero-order chi connectivity index (χ0) is 9.02. The molecule has 0 bridgehead atoms. The van der Waals surface area contributed by atoms with E-state index in [1.165, 1.54) is 0 Å². The Kier molecular flexibility index (Phi) is 3.93. The molecule has 0 aromatic heterocycles. The summed E-state index contributed by atoms with van der Waals surface area (Å²) >= 11 is 0. The minimum atomic E-state index is -0.683. The largest absolute Gasteiger partial charge is 0.446 e. The minimum Gasteiger partial charge on any atom is -0.446 e. The first kappa shape index (κ1) is 10.3. The molecule has 2 N–H and O–H groups in total. The average molecular weight is 159 g/mol. The summed E-state index contributed by atoms with van der Waals surface area (Å²) in [6, 6.07) is 0. The molecule has 11 heavy (non-hydrogen) atoms. The number of ether oxygens (including phenoxy) is 1. The van der Waals surface area contributed by atoms with Gasteiger partial charge in [0.05, 0.1) is 0 Å². The maximum absolute atomic E-state index is 10.4. The third-order valence-corrected chi connectivity index (χ3v) is 1.57. The summed E-state index contributed by atoms with van der Waals surface area (Å²) in [4.78, 5) is 10.4. The number of rotatable bonds is 3. The number of carbonyl (C=O) groups excluding carboxylic acids is 1. The molecule has 66 valence electrons. The third-order valence-electron chi connectivity index (χ3n) is 1.57. The standard InChI is InChI=1S/C8H17NO2/c1-5(2)7(6(3)4)11-8(9)10/h5-7H,1-4H3,(H2,9,10). The molecule has 0 spiro atoms. The van der Waals surface area contributed by atoms with Crippen LogP contribution in [0, 0.1) is 11.8 Å². The van der Waals surface area contributed by atoms with Crippen molar-refractivity contribution in [1.82, 2.24) is 0 Å². The number of hydrogen-bond acceptors (Lipinski definition) is 2. The predicted octanol–water partition coefficient (Wildman–Crippen LogP) is 1.76. The van der Waals surface area contributed by atoms with Crippen molar-refractivity contribution in [2.75, 3.05) is 0 Å². The van der Waals surface area contributed by atoms with E-state index in [0.717, 1.165) is 0 Å². The summed E-state index contributed by atoms with van der Waals surface area (Å²) in [6.07, 6.45) is -0.745. The van der Waals surface area contributed by atoms with E-state index < -0.39 is 6.09 Å².